The van der Waals surface area contributed by atoms with E-state index in [0.29, 0.717) is 6.04 Å². The Kier molecular flexibility index (Phi) is 9.63. The molecule has 2 aliphatic rings. The highest BCUT2D eigenvalue weighted by atomic mass is 127. The van der Waals surface area contributed by atoms with Crippen LogP contribution < -0.4 is 10.6 Å². The van der Waals surface area contributed by atoms with Crippen LogP contribution in [-0.2, 0) is 13.0 Å². The lowest BCUT2D eigenvalue weighted by molar-refractivity contribution is 0.115. The number of likely N-dealkylation sites (tertiary alicyclic amines) is 1. The summed E-state index contributed by atoms with van der Waals surface area (Å²) in [6, 6.07) is 1.32. The highest BCUT2D eigenvalue weighted by Crippen LogP contribution is 2.25. The normalized spacial score (nSPS) is 22.7. The van der Waals surface area contributed by atoms with Crippen molar-refractivity contribution in [3.8, 4) is 0 Å². The maximum Gasteiger partial charge on any atom is 0.191 e. The van der Waals surface area contributed by atoms with Crippen LogP contribution in [0.15, 0.2) is 10.4 Å². The average Bonchev–Trinajstić information content (AvgIpc) is 3.14. The number of guanidine groups is 1. The van der Waals surface area contributed by atoms with Crippen LogP contribution in [0.5, 0.6) is 0 Å². The second-order valence-electron chi connectivity index (χ2n) is 7.28. The van der Waals surface area contributed by atoms with Gasteiger partial charge in [0.25, 0.3) is 0 Å². The van der Waals surface area contributed by atoms with Gasteiger partial charge in [0.1, 0.15) is 0 Å². The van der Waals surface area contributed by atoms with E-state index in [9.17, 15) is 0 Å². The fourth-order valence-electron chi connectivity index (χ4n) is 4.06. The first-order valence-electron chi connectivity index (χ1n) is 9.93. The van der Waals surface area contributed by atoms with Crippen LogP contribution >= 0.6 is 35.3 Å². The van der Waals surface area contributed by atoms with Gasteiger partial charge in [-0.2, -0.15) is 0 Å². The molecule has 1 saturated heterocycles. The van der Waals surface area contributed by atoms with E-state index in [2.05, 4.69) is 37.8 Å². The molecule has 0 radical (unpaired) electrons. The summed E-state index contributed by atoms with van der Waals surface area (Å²) >= 11 is 1.74. The monoisotopic (exact) mass is 491 g/mol. The average molecular weight is 491 g/mol. The van der Waals surface area contributed by atoms with E-state index in [1.807, 2.05) is 7.05 Å². The summed E-state index contributed by atoms with van der Waals surface area (Å²) in [4.78, 5) is 11.8. The Balaban J connectivity index is 0.00000243. The van der Waals surface area contributed by atoms with E-state index in [4.69, 9.17) is 0 Å². The highest BCUT2D eigenvalue weighted by molar-refractivity contribution is 14.0. The van der Waals surface area contributed by atoms with E-state index >= 15 is 0 Å². The van der Waals surface area contributed by atoms with Crippen molar-refractivity contribution < 1.29 is 0 Å². The minimum atomic E-state index is 0. The molecule has 1 saturated carbocycles. The van der Waals surface area contributed by atoms with Gasteiger partial charge in [0.05, 0.1) is 17.2 Å². The van der Waals surface area contributed by atoms with Crippen molar-refractivity contribution in [2.24, 2.45) is 4.99 Å². The van der Waals surface area contributed by atoms with Crippen molar-refractivity contribution in [2.45, 2.75) is 76.9 Å². The molecule has 2 N–H and O–H groups in total. The number of rotatable bonds is 5. The van der Waals surface area contributed by atoms with Crippen molar-refractivity contribution in [1.29, 1.82) is 0 Å². The molecule has 3 rings (SSSR count). The van der Waals surface area contributed by atoms with E-state index in [-0.39, 0.29) is 24.0 Å². The molecule has 1 aromatic heterocycles. The second kappa shape index (κ2) is 11.4. The van der Waals surface area contributed by atoms with Gasteiger partial charge in [-0.1, -0.05) is 26.2 Å². The van der Waals surface area contributed by atoms with Crippen molar-refractivity contribution in [3.05, 3.63) is 16.1 Å². The van der Waals surface area contributed by atoms with Gasteiger partial charge < -0.3 is 10.6 Å². The summed E-state index contributed by atoms with van der Waals surface area (Å²) < 4.78 is 0. The summed E-state index contributed by atoms with van der Waals surface area (Å²) in [6.07, 6.45) is 10.6. The summed E-state index contributed by atoms with van der Waals surface area (Å²) in [7, 11) is 1.86. The van der Waals surface area contributed by atoms with Crippen LogP contribution in [0, 0.1) is 0 Å². The van der Waals surface area contributed by atoms with Crippen molar-refractivity contribution >= 4 is 41.3 Å². The molecule has 1 aliphatic carbocycles. The van der Waals surface area contributed by atoms with Gasteiger partial charge in [0.2, 0.25) is 0 Å². The molecule has 0 bridgehead atoms. The van der Waals surface area contributed by atoms with Crippen molar-refractivity contribution in [2.75, 3.05) is 20.1 Å². The third kappa shape index (κ3) is 6.34. The quantitative estimate of drug-likeness (QED) is 0.374. The molecule has 26 heavy (non-hydrogen) atoms. The number of aliphatic imine (C=N–C) groups is 1. The summed E-state index contributed by atoms with van der Waals surface area (Å²) in [5.41, 5.74) is 1.11. The Bertz CT molecular complexity index is 556. The van der Waals surface area contributed by atoms with Gasteiger partial charge in [-0.15, -0.1) is 35.3 Å². The van der Waals surface area contributed by atoms with Crippen LogP contribution in [0.25, 0.3) is 0 Å². The molecule has 0 amide bonds. The summed E-state index contributed by atoms with van der Waals surface area (Å²) in [5, 5.41) is 10.4. The number of piperidine rings is 1. The van der Waals surface area contributed by atoms with Gasteiger partial charge in [-0.3, -0.25) is 9.89 Å². The highest BCUT2D eigenvalue weighted by Gasteiger charge is 2.27. The zero-order chi connectivity index (χ0) is 17.5. The number of nitrogens with one attached hydrogen (secondary N) is 2. The molecule has 2 heterocycles. The summed E-state index contributed by atoms with van der Waals surface area (Å²) in [6.45, 7) is 5.32. The number of hydrogen-bond acceptors (Lipinski definition) is 4. The van der Waals surface area contributed by atoms with Gasteiger partial charge in [-0.25, -0.2) is 4.98 Å². The van der Waals surface area contributed by atoms with Crippen LogP contribution in [0.1, 0.15) is 62.6 Å². The van der Waals surface area contributed by atoms with Gasteiger partial charge in [0.15, 0.2) is 5.96 Å². The number of halogens is 1. The van der Waals surface area contributed by atoms with Crippen molar-refractivity contribution in [1.82, 2.24) is 20.5 Å². The maximum atomic E-state index is 4.62. The first-order chi connectivity index (χ1) is 12.3. The topological polar surface area (TPSA) is 52.6 Å². The Hall–Kier alpha value is -0.410. The fraction of sp³-hybridized carbons (Fsp3) is 0.789. The Morgan fingerprint density at radius 1 is 1.27 bits per heavy atom. The lowest BCUT2D eigenvalue weighted by atomic mass is 9.92. The first-order valence-corrected chi connectivity index (χ1v) is 10.8. The molecule has 1 atom stereocenters. The van der Waals surface area contributed by atoms with Crippen LogP contribution in [0.4, 0.5) is 0 Å². The molecule has 1 aliphatic heterocycles. The second-order valence-corrected chi connectivity index (χ2v) is 8.22. The Morgan fingerprint density at radius 2 is 2.08 bits per heavy atom. The lowest BCUT2D eigenvalue weighted by Gasteiger charge is -2.40. The summed E-state index contributed by atoms with van der Waals surface area (Å²) in [5.74, 6) is 0.904. The van der Waals surface area contributed by atoms with Gasteiger partial charge in [-0.05, 0) is 38.6 Å². The van der Waals surface area contributed by atoms with E-state index < -0.39 is 0 Å². The molecule has 2 fully saturated rings. The number of nitrogens with zero attached hydrogens (tertiary/aromatic N) is 3. The Labute approximate surface area is 179 Å². The zero-order valence-electron chi connectivity index (χ0n) is 16.2. The minimum Gasteiger partial charge on any atom is -0.352 e. The van der Waals surface area contributed by atoms with Crippen LogP contribution in [0.2, 0.25) is 0 Å². The molecule has 1 unspecified atom stereocenters. The first kappa shape index (κ1) is 21.9. The molecular formula is C19H34IN5S. The predicted molar refractivity (Wildman–Crippen MR) is 122 cm³/mol. The fourth-order valence-corrected chi connectivity index (χ4v) is 4.80. The molecule has 0 spiro atoms. The molecular weight excluding hydrogens is 457 g/mol. The van der Waals surface area contributed by atoms with Gasteiger partial charge in [0, 0.05) is 31.1 Å². The SMILES string of the molecule is CCc1nc(CNC(=NC)NC2CCCN(C3CCCCC3)C2)cs1.I. The van der Waals surface area contributed by atoms with Crippen molar-refractivity contribution in [3.63, 3.8) is 0 Å². The largest absolute Gasteiger partial charge is 0.352 e. The molecule has 1 aromatic rings. The number of aromatic nitrogens is 1. The molecule has 0 aromatic carbocycles. The van der Waals surface area contributed by atoms with Gasteiger partial charge >= 0.3 is 0 Å². The van der Waals surface area contributed by atoms with E-state index in [0.717, 1.165) is 37.2 Å². The Morgan fingerprint density at radius 3 is 2.77 bits per heavy atom. The smallest absolute Gasteiger partial charge is 0.191 e. The van der Waals surface area contributed by atoms with Crippen LogP contribution in [0.3, 0.4) is 0 Å². The third-order valence-electron chi connectivity index (χ3n) is 5.45. The minimum absolute atomic E-state index is 0. The van der Waals surface area contributed by atoms with E-state index in [1.165, 1.54) is 56.5 Å². The molecule has 7 heteroatoms. The lowest BCUT2D eigenvalue weighted by Crippen LogP contribution is -2.53. The number of aryl methyl sites for hydroxylation is 1. The molecule has 5 nitrogen and oxygen atoms in total. The third-order valence-corrected chi connectivity index (χ3v) is 6.49. The predicted octanol–water partition coefficient (Wildman–Crippen LogP) is 3.79. The zero-order valence-corrected chi connectivity index (χ0v) is 19.3. The molecule has 148 valence electrons. The van der Waals surface area contributed by atoms with E-state index in [1.54, 1.807) is 11.3 Å². The standard InChI is InChI=1S/C19H33N5S.HI/c1-3-18-22-16(14-25-18)12-21-19(20-2)23-15-8-7-11-24(13-15)17-9-5-4-6-10-17;/h14-15,17H,3-13H2,1-2H3,(H2,20,21,23);1H. The van der Waals surface area contributed by atoms with Crippen LogP contribution in [-0.4, -0.2) is 48.1 Å². The number of hydrogen-bond donors (Lipinski definition) is 2. The maximum absolute atomic E-state index is 4.62. The number of thiazole rings is 1.